The van der Waals surface area contributed by atoms with Gasteiger partial charge >= 0.3 is 0 Å². The molecule has 0 saturated carbocycles. The second-order valence-corrected chi connectivity index (χ2v) is 9.27. The fourth-order valence-corrected chi connectivity index (χ4v) is 4.58. The quantitative estimate of drug-likeness (QED) is 0.334. The largest absolute Gasteiger partial charge is 0.369 e. The lowest BCUT2D eigenvalue weighted by atomic mass is 10.2. The Morgan fingerprint density at radius 1 is 1.13 bits per heavy atom. The second-order valence-electron chi connectivity index (χ2n) is 8.07. The zero-order valence-electron chi connectivity index (χ0n) is 19.4. The molecule has 0 radical (unpaired) electrons. The van der Waals surface area contributed by atoms with Gasteiger partial charge in [-0.25, -0.2) is 9.98 Å². The minimum Gasteiger partial charge on any atom is -0.369 e. The van der Waals surface area contributed by atoms with E-state index in [1.54, 1.807) is 11.3 Å². The molecule has 1 fully saturated rings. The summed E-state index contributed by atoms with van der Waals surface area (Å²) < 4.78 is 0. The Hall–Kier alpha value is -2.12. The van der Waals surface area contributed by atoms with Crippen molar-refractivity contribution < 1.29 is 0 Å². The molecule has 1 saturated heterocycles. The monoisotopic (exact) mass is 442 g/mol. The van der Waals surface area contributed by atoms with Crippen LogP contribution in [-0.2, 0) is 13.0 Å². The summed E-state index contributed by atoms with van der Waals surface area (Å²) in [6, 6.07) is 8.85. The zero-order valence-corrected chi connectivity index (χ0v) is 20.2. The zero-order chi connectivity index (χ0) is 21.9. The van der Waals surface area contributed by atoms with E-state index in [-0.39, 0.29) is 0 Å². The van der Waals surface area contributed by atoms with Gasteiger partial charge in [-0.1, -0.05) is 19.1 Å². The standard InChI is InChI=1S/C24H38N6S/c1-4-22-18-27-23(31-22)19-28-24(25-5-2)26-11-6-7-12-29-13-15-30(16-14-29)21-10-8-9-20(3)17-21/h8-10,17-18H,4-7,11-16,19H2,1-3H3,(H2,25,26,28). The Kier molecular flexibility index (Phi) is 9.62. The summed E-state index contributed by atoms with van der Waals surface area (Å²) in [5.74, 6) is 0.891. The van der Waals surface area contributed by atoms with E-state index in [0.717, 1.165) is 63.1 Å². The maximum Gasteiger partial charge on any atom is 0.191 e. The third-order valence-electron chi connectivity index (χ3n) is 5.60. The van der Waals surface area contributed by atoms with E-state index in [0.29, 0.717) is 6.54 Å². The van der Waals surface area contributed by atoms with Crippen LogP contribution >= 0.6 is 11.3 Å². The van der Waals surface area contributed by atoms with Crippen molar-refractivity contribution in [2.45, 2.75) is 46.6 Å². The van der Waals surface area contributed by atoms with Crippen LogP contribution < -0.4 is 15.5 Å². The predicted molar refractivity (Wildman–Crippen MR) is 133 cm³/mol. The van der Waals surface area contributed by atoms with E-state index in [1.807, 2.05) is 6.20 Å². The van der Waals surface area contributed by atoms with Crippen molar-refractivity contribution in [3.63, 3.8) is 0 Å². The second kappa shape index (κ2) is 12.7. The smallest absolute Gasteiger partial charge is 0.191 e. The van der Waals surface area contributed by atoms with E-state index < -0.39 is 0 Å². The fraction of sp³-hybridized carbons (Fsp3) is 0.583. The number of rotatable bonds is 10. The van der Waals surface area contributed by atoms with Gasteiger partial charge in [0.15, 0.2) is 5.96 Å². The first-order valence-electron chi connectivity index (χ1n) is 11.7. The normalized spacial score (nSPS) is 15.3. The molecule has 0 unspecified atom stereocenters. The van der Waals surface area contributed by atoms with Crippen molar-refractivity contribution in [2.24, 2.45) is 4.99 Å². The van der Waals surface area contributed by atoms with Crippen LogP contribution in [0.3, 0.4) is 0 Å². The highest BCUT2D eigenvalue weighted by atomic mass is 32.1. The molecule has 2 N–H and O–H groups in total. The van der Waals surface area contributed by atoms with Crippen molar-refractivity contribution in [1.82, 2.24) is 20.5 Å². The predicted octanol–water partition coefficient (Wildman–Crippen LogP) is 3.67. The lowest BCUT2D eigenvalue weighted by Crippen LogP contribution is -2.46. The van der Waals surface area contributed by atoms with Gasteiger partial charge in [-0.05, 0) is 57.4 Å². The van der Waals surface area contributed by atoms with Gasteiger partial charge in [0.2, 0.25) is 0 Å². The molecule has 1 aliphatic heterocycles. The van der Waals surface area contributed by atoms with Gasteiger partial charge in [-0.3, -0.25) is 4.90 Å². The highest BCUT2D eigenvalue weighted by Crippen LogP contribution is 2.18. The van der Waals surface area contributed by atoms with Crippen LogP contribution in [0.5, 0.6) is 0 Å². The number of aromatic nitrogens is 1. The number of aliphatic imine (C=N–C) groups is 1. The lowest BCUT2D eigenvalue weighted by Gasteiger charge is -2.36. The van der Waals surface area contributed by atoms with Gasteiger partial charge in [0.05, 0.1) is 6.54 Å². The number of aryl methyl sites for hydroxylation is 2. The molecular weight excluding hydrogens is 404 g/mol. The van der Waals surface area contributed by atoms with E-state index in [9.17, 15) is 0 Å². The molecule has 1 aliphatic rings. The summed E-state index contributed by atoms with van der Waals surface area (Å²) in [5.41, 5.74) is 2.70. The van der Waals surface area contributed by atoms with E-state index in [1.165, 1.54) is 29.1 Å². The molecule has 31 heavy (non-hydrogen) atoms. The van der Waals surface area contributed by atoms with Crippen LogP contribution in [0.4, 0.5) is 5.69 Å². The maximum absolute atomic E-state index is 4.69. The molecule has 170 valence electrons. The molecule has 1 aromatic heterocycles. The van der Waals surface area contributed by atoms with Crippen LogP contribution in [0.15, 0.2) is 35.5 Å². The number of guanidine groups is 1. The molecule has 1 aromatic carbocycles. The van der Waals surface area contributed by atoms with E-state index >= 15 is 0 Å². The number of hydrogen-bond acceptors (Lipinski definition) is 5. The molecule has 2 heterocycles. The Morgan fingerprint density at radius 3 is 2.68 bits per heavy atom. The SMILES string of the molecule is CCNC(=NCc1ncc(CC)s1)NCCCCN1CCN(c2cccc(C)c2)CC1. The van der Waals surface area contributed by atoms with Crippen molar-refractivity contribution in [2.75, 3.05) is 50.7 Å². The highest BCUT2D eigenvalue weighted by molar-refractivity contribution is 7.11. The molecular formula is C24H38N6S. The first kappa shape index (κ1) is 23.5. The van der Waals surface area contributed by atoms with Gasteiger partial charge in [-0.15, -0.1) is 11.3 Å². The van der Waals surface area contributed by atoms with Crippen molar-refractivity contribution >= 4 is 23.0 Å². The van der Waals surface area contributed by atoms with Gasteiger partial charge in [0.25, 0.3) is 0 Å². The highest BCUT2D eigenvalue weighted by Gasteiger charge is 2.16. The maximum atomic E-state index is 4.69. The number of nitrogens with zero attached hydrogens (tertiary/aromatic N) is 4. The molecule has 0 spiro atoms. The van der Waals surface area contributed by atoms with Crippen LogP contribution in [0.25, 0.3) is 0 Å². The first-order chi connectivity index (χ1) is 15.2. The molecule has 0 aliphatic carbocycles. The van der Waals surface area contributed by atoms with E-state index in [4.69, 9.17) is 0 Å². The number of benzene rings is 1. The van der Waals surface area contributed by atoms with E-state index in [2.05, 4.69) is 75.4 Å². The topological polar surface area (TPSA) is 55.8 Å². The van der Waals surface area contributed by atoms with Gasteiger partial charge in [0, 0.05) is 56.0 Å². The summed E-state index contributed by atoms with van der Waals surface area (Å²) in [6.45, 7) is 14.6. The fourth-order valence-electron chi connectivity index (χ4n) is 3.79. The van der Waals surface area contributed by atoms with Crippen LogP contribution in [0.1, 0.15) is 42.1 Å². The molecule has 3 rings (SSSR count). The minimum absolute atomic E-state index is 0.644. The third-order valence-corrected chi connectivity index (χ3v) is 6.73. The number of anilines is 1. The van der Waals surface area contributed by atoms with Gasteiger partial charge in [0.1, 0.15) is 5.01 Å². The first-order valence-corrected chi connectivity index (χ1v) is 12.5. The molecule has 2 aromatic rings. The molecule has 0 atom stereocenters. The molecule has 0 bridgehead atoms. The summed E-state index contributed by atoms with van der Waals surface area (Å²) in [4.78, 5) is 15.6. The Bertz CT molecular complexity index is 810. The van der Waals surface area contributed by atoms with Gasteiger partial charge < -0.3 is 15.5 Å². The summed E-state index contributed by atoms with van der Waals surface area (Å²) >= 11 is 1.76. The number of hydrogen-bond donors (Lipinski definition) is 2. The molecule has 7 heteroatoms. The Labute approximate surface area is 191 Å². The van der Waals surface area contributed by atoms with Crippen molar-refractivity contribution in [1.29, 1.82) is 0 Å². The summed E-state index contributed by atoms with van der Waals surface area (Å²) in [6.07, 6.45) is 5.38. The number of piperazine rings is 1. The molecule has 6 nitrogen and oxygen atoms in total. The lowest BCUT2D eigenvalue weighted by molar-refractivity contribution is 0.253. The van der Waals surface area contributed by atoms with Crippen LogP contribution in [0.2, 0.25) is 0 Å². The summed E-state index contributed by atoms with van der Waals surface area (Å²) in [7, 11) is 0. The Morgan fingerprint density at radius 2 is 1.97 bits per heavy atom. The van der Waals surface area contributed by atoms with Gasteiger partial charge in [-0.2, -0.15) is 0 Å². The average molecular weight is 443 g/mol. The van der Waals surface area contributed by atoms with Crippen molar-refractivity contribution in [3.05, 3.63) is 45.9 Å². The Balaban J connectivity index is 1.32. The van der Waals surface area contributed by atoms with Crippen LogP contribution in [-0.4, -0.2) is 61.7 Å². The number of nitrogens with one attached hydrogen (secondary N) is 2. The minimum atomic E-state index is 0.644. The average Bonchev–Trinajstić information content (AvgIpc) is 3.26. The van der Waals surface area contributed by atoms with Crippen molar-refractivity contribution in [3.8, 4) is 0 Å². The molecule has 0 amide bonds. The van der Waals surface area contributed by atoms with Crippen LogP contribution in [0, 0.1) is 6.92 Å². The number of unbranched alkanes of at least 4 members (excludes halogenated alkanes) is 1. The third kappa shape index (κ3) is 7.82. The number of thiazole rings is 1. The summed E-state index contributed by atoms with van der Waals surface area (Å²) in [5, 5.41) is 7.89.